The highest BCUT2D eigenvalue weighted by atomic mass is 16.4. The molecular formula is C14H9N3O3. The molecule has 0 atom stereocenters. The van der Waals surface area contributed by atoms with Crippen LogP contribution in [0.1, 0.15) is 26.3 Å². The van der Waals surface area contributed by atoms with Crippen LogP contribution in [0.2, 0.25) is 0 Å². The van der Waals surface area contributed by atoms with Crippen LogP contribution in [0.25, 0.3) is 0 Å². The number of benzene rings is 1. The van der Waals surface area contributed by atoms with E-state index in [-0.39, 0.29) is 16.9 Å². The molecule has 0 aliphatic heterocycles. The summed E-state index contributed by atoms with van der Waals surface area (Å²) in [6.07, 6.45) is 1.38. The molecule has 20 heavy (non-hydrogen) atoms. The number of hydrogen-bond acceptors (Lipinski definition) is 4. The lowest BCUT2D eigenvalue weighted by Crippen LogP contribution is -2.16. The number of amides is 1. The van der Waals surface area contributed by atoms with Crippen LogP contribution >= 0.6 is 0 Å². The number of anilines is 1. The fourth-order valence-corrected chi connectivity index (χ4v) is 1.59. The van der Waals surface area contributed by atoms with Crippen LogP contribution in [0.3, 0.4) is 0 Å². The molecule has 6 nitrogen and oxygen atoms in total. The molecule has 0 bridgehead atoms. The topological polar surface area (TPSA) is 103 Å². The molecule has 2 aromatic rings. The van der Waals surface area contributed by atoms with Gasteiger partial charge in [-0.05, 0) is 30.3 Å². The Morgan fingerprint density at radius 1 is 1.25 bits per heavy atom. The van der Waals surface area contributed by atoms with Gasteiger partial charge in [0.1, 0.15) is 11.4 Å². The predicted octanol–water partition coefficient (Wildman–Crippen LogP) is 1.90. The molecule has 0 fully saturated rings. The number of nitriles is 1. The van der Waals surface area contributed by atoms with E-state index >= 15 is 0 Å². The number of pyridine rings is 1. The number of carbonyl (C=O) groups is 2. The van der Waals surface area contributed by atoms with E-state index in [1.54, 1.807) is 12.1 Å². The van der Waals surface area contributed by atoms with Crippen molar-refractivity contribution in [2.75, 3.05) is 5.32 Å². The van der Waals surface area contributed by atoms with Crippen LogP contribution in [0.15, 0.2) is 42.6 Å². The van der Waals surface area contributed by atoms with Gasteiger partial charge in [-0.15, -0.1) is 0 Å². The number of carbonyl (C=O) groups excluding carboxylic acids is 1. The van der Waals surface area contributed by atoms with E-state index in [0.717, 1.165) is 0 Å². The number of carboxylic acid groups (broad SMARTS) is 1. The largest absolute Gasteiger partial charge is 0.478 e. The maximum absolute atomic E-state index is 12.0. The standard InChI is InChI=1S/C14H9N3O3/c15-8-9-3-1-4-10(7-9)13(18)17-12-11(14(19)20)5-2-6-16-12/h1-7H,(H,19,20)(H,16,17,18). The zero-order valence-electron chi connectivity index (χ0n) is 10.2. The quantitative estimate of drug-likeness (QED) is 0.884. The van der Waals surface area contributed by atoms with Crippen molar-refractivity contribution in [3.63, 3.8) is 0 Å². The molecule has 0 aliphatic carbocycles. The monoisotopic (exact) mass is 267 g/mol. The summed E-state index contributed by atoms with van der Waals surface area (Å²) in [4.78, 5) is 26.8. The molecule has 0 saturated heterocycles. The van der Waals surface area contributed by atoms with E-state index in [0.29, 0.717) is 5.56 Å². The summed E-state index contributed by atoms with van der Waals surface area (Å²) >= 11 is 0. The smallest absolute Gasteiger partial charge is 0.339 e. The van der Waals surface area contributed by atoms with Crippen molar-refractivity contribution < 1.29 is 14.7 Å². The Bertz CT molecular complexity index is 720. The minimum absolute atomic E-state index is 0.0349. The summed E-state index contributed by atoms with van der Waals surface area (Å²) < 4.78 is 0. The van der Waals surface area contributed by atoms with Crippen molar-refractivity contribution in [1.29, 1.82) is 5.26 Å². The SMILES string of the molecule is N#Cc1cccc(C(=O)Nc2ncccc2C(=O)O)c1. The van der Waals surface area contributed by atoms with Gasteiger partial charge in [0.25, 0.3) is 5.91 Å². The van der Waals surface area contributed by atoms with Crippen LogP contribution in [0.5, 0.6) is 0 Å². The lowest BCUT2D eigenvalue weighted by molar-refractivity contribution is 0.0697. The third kappa shape index (κ3) is 2.79. The lowest BCUT2D eigenvalue weighted by Gasteiger charge is -2.07. The molecule has 1 aromatic carbocycles. The summed E-state index contributed by atoms with van der Waals surface area (Å²) in [6.45, 7) is 0. The van der Waals surface area contributed by atoms with Crippen molar-refractivity contribution >= 4 is 17.7 Å². The first-order valence-electron chi connectivity index (χ1n) is 5.61. The van der Waals surface area contributed by atoms with Gasteiger partial charge in [0.2, 0.25) is 0 Å². The number of nitrogens with zero attached hydrogens (tertiary/aromatic N) is 2. The summed E-state index contributed by atoms with van der Waals surface area (Å²) in [5, 5.41) is 20.2. The first-order valence-corrected chi connectivity index (χ1v) is 5.61. The third-order valence-corrected chi connectivity index (χ3v) is 2.52. The van der Waals surface area contributed by atoms with Crippen LogP contribution < -0.4 is 5.32 Å². The lowest BCUT2D eigenvalue weighted by atomic mass is 10.1. The molecule has 1 amide bonds. The molecule has 2 rings (SSSR count). The van der Waals surface area contributed by atoms with Crippen molar-refractivity contribution in [1.82, 2.24) is 4.98 Å². The molecule has 0 aliphatic rings. The Labute approximate surface area is 114 Å². The molecule has 98 valence electrons. The predicted molar refractivity (Wildman–Crippen MR) is 70.3 cm³/mol. The minimum Gasteiger partial charge on any atom is -0.478 e. The molecule has 2 N–H and O–H groups in total. The second kappa shape index (κ2) is 5.63. The summed E-state index contributed by atoms with van der Waals surface area (Å²) in [6, 6.07) is 10.8. The van der Waals surface area contributed by atoms with Crippen LogP contribution in [-0.4, -0.2) is 22.0 Å². The summed E-state index contributed by atoms with van der Waals surface area (Å²) in [5.74, 6) is -1.74. The number of carboxylic acids is 1. The Kier molecular flexibility index (Phi) is 3.72. The summed E-state index contributed by atoms with van der Waals surface area (Å²) in [5.41, 5.74) is 0.500. The highest BCUT2D eigenvalue weighted by molar-refractivity contribution is 6.07. The molecule has 6 heteroatoms. The normalized spacial score (nSPS) is 9.55. The second-order valence-corrected chi connectivity index (χ2v) is 3.85. The van der Waals surface area contributed by atoms with Gasteiger partial charge in [0, 0.05) is 11.8 Å². The number of nitrogens with one attached hydrogen (secondary N) is 1. The van der Waals surface area contributed by atoms with E-state index in [1.165, 1.54) is 30.5 Å². The Balaban J connectivity index is 2.28. The Morgan fingerprint density at radius 3 is 2.75 bits per heavy atom. The van der Waals surface area contributed by atoms with Gasteiger partial charge >= 0.3 is 5.97 Å². The second-order valence-electron chi connectivity index (χ2n) is 3.85. The number of rotatable bonds is 3. The molecular weight excluding hydrogens is 258 g/mol. The van der Waals surface area contributed by atoms with Crippen molar-refractivity contribution in [3.05, 3.63) is 59.3 Å². The zero-order chi connectivity index (χ0) is 14.5. The van der Waals surface area contributed by atoms with Crippen LogP contribution in [0.4, 0.5) is 5.82 Å². The van der Waals surface area contributed by atoms with Crippen LogP contribution in [0, 0.1) is 11.3 Å². The summed E-state index contributed by atoms with van der Waals surface area (Å²) in [7, 11) is 0. The molecule has 0 unspecified atom stereocenters. The molecule has 0 spiro atoms. The fraction of sp³-hybridized carbons (Fsp3) is 0. The third-order valence-electron chi connectivity index (χ3n) is 2.52. The Morgan fingerprint density at radius 2 is 2.05 bits per heavy atom. The van der Waals surface area contributed by atoms with E-state index in [9.17, 15) is 9.59 Å². The zero-order valence-corrected chi connectivity index (χ0v) is 10.2. The number of aromatic carboxylic acids is 1. The number of hydrogen-bond donors (Lipinski definition) is 2. The van der Waals surface area contributed by atoms with Gasteiger partial charge in [-0.25, -0.2) is 9.78 Å². The molecule has 1 heterocycles. The average Bonchev–Trinajstić information content (AvgIpc) is 2.47. The van der Waals surface area contributed by atoms with Crippen molar-refractivity contribution in [3.8, 4) is 6.07 Å². The van der Waals surface area contributed by atoms with Gasteiger partial charge in [0.15, 0.2) is 0 Å². The van der Waals surface area contributed by atoms with Gasteiger partial charge < -0.3 is 10.4 Å². The van der Waals surface area contributed by atoms with Crippen LogP contribution in [-0.2, 0) is 0 Å². The average molecular weight is 267 g/mol. The van der Waals surface area contributed by atoms with Gasteiger partial charge in [-0.3, -0.25) is 4.79 Å². The Hall–Kier alpha value is -3.20. The highest BCUT2D eigenvalue weighted by Crippen LogP contribution is 2.13. The first kappa shape index (κ1) is 13.2. The van der Waals surface area contributed by atoms with Crippen molar-refractivity contribution in [2.24, 2.45) is 0 Å². The van der Waals surface area contributed by atoms with Crippen molar-refractivity contribution in [2.45, 2.75) is 0 Å². The van der Waals surface area contributed by atoms with Gasteiger partial charge in [0.05, 0.1) is 11.6 Å². The van der Waals surface area contributed by atoms with E-state index < -0.39 is 11.9 Å². The van der Waals surface area contributed by atoms with E-state index in [4.69, 9.17) is 10.4 Å². The maximum Gasteiger partial charge on any atom is 0.339 e. The molecule has 0 saturated carbocycles. The first-order chi connectivity index (χ1) is 9.61. The fourth-order valence-electron chi connectivity index (χ4n) is 1.59. The molecule has 1 aromatic heterocycles. The minimum atomic E-state index is -1.18. The molecule has 0 radical (unpaired) electrons. The van der Waals surface area contributed by atoms with Gasteiger partial charge in [-0.2, -0.15) is 5.26 Å². The maximum atomic E-state index is 12.0. The number of aromatic nitrogens is 1. The van der Waals surface area contributed by atoms with E-state index in [2.05, 4.69) is 10.3 Å². The van der Waals surface area contributed by atoms with E-state index in [1.807, 2.05) is 6.07 Å². The van der Waals surface area contributed by atoms with Gasteiger partial charge in [-0.1, -0.05) is 6.07 Å². The highest BCUT2D eigenvalue weighted by Gasteiger charge is 2.14.